The van der Waals surface area contributed by atoms with Crippen LogP contribution < -0.4 is 11.1 Å². The molecular weight excluding hydrogens is 278 g/mol. The highest BCUT2D eigenvalue weighted by Gasteiger charge is 2.21. The fraction of sp³-hybridized carbons (Fsp3) is 0. The van der Waals surface area contributed by atoms with Crippen molar-refractivity contribution in [1.29, 1.82) is 0 Å². The highest BCUT2D eigenvalue weighted by Crippen LogP contribution is 2.28. The summed E-state index contributed by atoms with van der Waals surface area (Å²) in [5, 5.41) is 19.8. The lowest BCUT2D eigenvalue weighted by atomic mass is 10.2. The Balaban J connectivity index is 2.32. The Morgan fingerprint density at radius 3 is 2.79 bits per heavy atom. The molecule has 10 heteroatoms. The van der Waals surface area contributed by atoms with E-state index in [-0.39, 0.29) is 27.9 Å². The van der Waals surface area contributed by atoms with Crippen molar-refractivity contribution < 1.29 is 14.3 Å². The second-order valence-electron chi connectivity index (χ2n) is 3.37. The fourth-order valence-electron chi connectivity index (χ4n) is 1.30. The van der Waals surface area contributed by atoms with Crippen LogP contribution in [0, 0.1) is 10.1 Å². The summed E-state index contributed by atoms with van der Waals surface area (Å²) >= 11 is 5.65. The van der Waals surface area contributed by atoms with E-state index in [1.165, 1.54) is 12.1 Å². The first-order valence-corrected chi connectivity index (χ1v) is 5.20. The highest BCUT2D eigenvalue weighted by molar-refractivity contribution is 6.31. The molecule has 2 aromatic rings. The number of aromatic nitrogens is 2. The van der Waals surface area contributed by atoms with Gasteiger partial charge in [0.25, 0.3) is 11.6 Å². The van der Waals surface area contributed by atoms with Crippen LogP contribution in [0.4, 0.5) is 17.2 Å². The zero-order valence-corrected chi connectivity index (χ0v) is 9.92. The second-order valence-corrected chi connectivity index (χ2v) is 3.81. The third-order valence-corrected chi connectivity index (χ3v) is 2.37. The smallest absolute Gasteiger partial charge is 0.294 e. The molecule has 0 aliphatic heterocycles. The lowest BCUT2D eigenvalue weighted by Crippen LogP contribution is -2.15. The summed E-state index contributed by atoms with van der Waals surface area (Å²) in [7, 11) is 0. The van der Waals surface area contributed by atoms with Crippen molar-refractivity contribution in [3.8, 4) is 0 Å². The van der Waals surface area contributed by atoms with Crippen molar-refractivity contribution in [2.75, 3.05) is 11.1 Å². The molecule has 0 fully saturated rings. The number of nitrogens with two attached hydrogens (primary N) is 1. The molecule has 1 heterocycles. The van der Waals surface area contributed by atoms with E-state index in [1.54, 1.807) is 0 Å². The average molecular weight is 284 g/mol. The SMILES string of the molecule is Nc1nonc1C(=O)Nc1ccc(Cl)cc1[N+](=O)[O-]. The van der Waals surface area contributed by atoms with E-state index in [4.69, 9.17) is 17.3 Å². The molecule has 0 radical (unpaired) electrons. The number of benzene rings is 1. The molecule has 3 N–H and O–H groups in total. The maximum atomic E-state index is 11.7. The molecule has 19 heavy (non-hydrogen) atoms. The van der Waals surface area contributed by atoms with Gasteiger partial charge in [-0.15, -0.1) is 0 Å². The standard InChI is InChI=1S/C9H6ClN5O4/c10-4-1-2-5(6(3-4)15(17)18)12-9(16)7-8(11)14-19-13-7/h1-3H,(H2,11,14)(H,12,16). The van der Waals surface area contributed by atoms with Gasteiger partial charge in [0.2, 0.25) is 11.5 Å². The Kier molecular flexibility index (Phi) is 3.29. The molecule has 0 saturated carbocycles. The maximum absolute atomic E-state index is 11.7. The lowest BCUT2D eigenvalue weighted by molar-refractivity contribution is -0.383. The normalized spacial score (nSPS) is 10.2. The van der Waals surface area contributed by atoms with Gasteiger partial charge in [-0.2, -0.15) is 0 Å². The van der Waals surface area contributed by atoms with Crippen LogP contribution in [0.15, 0.2) is 22.8 Å². The van der Waals surface area contributed by atoms with E-state index >= 15 is 0 Å². The Bertz CT molecular complexity index is 656. The zero-order chi connectivity index (χ0) is 14.0. The molecule has 0 spiro atoms. The van der Waals surface area contributed by atoms with Gasteiger partial charge < -0.3 is 11.1 Å². The summed E-state index contributed by atoms with van der Waals surface area (Å²) in [5.74, 6) is -0.988. The first-order valence-electron chi connectivity index (χ1n) is 4.82. The number of nitro benzene ring substituents is 1. The van der Waals surface area contributed by atoms with Crippen LogP contribution in [0.25, 0.3) is 0 Å². The van der Waals surface area contributed by atoms with Crippen LogP contribution in [0.2, 0.25) is 5.02 Å². The molecular formula is C9H6ClN5O4. The molecule has 1 aromatic carbocycles. The molecule has 1 aromatic heterocycles. The number of halogens is 1. The van der Waals surface area contributed by atoms with Gasteiger partial charge >= 0.3 is 0 Å². The minimum absolute atomic E-state index is 0.0400. The number of amides is 1. The molecule has 1 amide bonds. The summed E-state index contributed by atoms with van der Waals surface area (Å²) in [4.78, 5) is 21.9. The van der Waals surface area contributed by atoms with Crippen molar-refractivity contribution in [2.45, 2.75) is 0 Å². The van der Waals surface area contributed by atoms with E-state index in [1.807, 2.05) is 0 Å². The van der Waals surface area contributed by atoms with E-state index < -0.39 is 10.8 Å². The third kappa shape index (κ3) is 2.60. The molecule has 98 valence electrons. The van der Waals surface area contributed by atoms with E-state index in [9.17, 15) is 14.9 Å². The van der Waals surface area contributed by atoms with Crippen molar-refractivity contribution in [1.82, 2.24) is 10.3 Å². The van der Waals surface area contributed by atoms with Crippen molar-refractivity contribution >= 4 is 34.7 Å². The van der Waals surface area contributed by atoms with Gasteiger partial charge in [0.1, 0.15) is 5.69 Å². The average Bonchev–Trinajstić information content (AvgIpc) is 2.77. The predicted molar refractivity (Wildman–Crippen MR) is 64.8 cm³/mol. The third-order valence-electron chi connectivity index (χ3n) is 2.13. The molecule has 0 aliphatic rings. The molecule has 0 atom stereocenters. The molecule has 0 aliphatic carbocycles. The quantitative estimate of drug-likeness (QED) is 0.642. The van der Waals surface area contributed by atoms with E-state index in [0.717, 1.165) is 6.07 Å². The summed E-state index contributed by atoms with van der Waals surface area (Å²) in [6, 6.07) is 3.80. The Hall–Kier alpha value is -2.68. The second kappa shape index (κ2) is 4.90. The van der Waals surface area contributed by atoms with Crippen LogP contribution in [0.3, 0.4) is 0 Å². The number of carbonyl (C=O) groups is 1. The molecule has 0 unspecified atom stereocenters. The van der Waals surface area contributed by atoms with Crippen molar-refractivity contribution in [3.05, 3.63) is 39.0 Å². The molecule has 9 nitrogen and oxygen atoms in total. The van der Waals surface area contributed by atoms with Gasteiger partial charge in [0, 0.05) is 11.1 Å². The zero-order valence-electron chi connectivity index (χ0n) is 9.16. The number of nitrogens with one attached hydrogen (secondary N) is 1. The summed E-state index contributed by atoms with van der Waals surface area (Å²) in [6.07, 6.45) is 0. The number of nitrogen functional groups attached to an aromatic ring is 1. The van der Waals surface area contributed by atoms with Crippen LogP contribution in [-0.4, -0.2) is 21.1 Å². The summed E-state index contributed by atoms with van der Waals surface area (Å²) < 4.78 is 4.26. The molecule has 0 bridgehead atoms. The van der Waals surface area contributed by atoms with Crippen molar-refractivity contribution in [2.24, 2.45) is 0 Å². The van der Waals surface area contributed by atoms with Crippen molar-refractivity contribution in [3.63, 3.8) is 0 Å². The Morgan fingerprint density at radius 1 is 1.47 bits per heavy atom. The Labute approximate surface area is 110 Å². The van der Waals surface area contributed by atoms with Gasteiger partial charge in [-0.05, 0) is 22.4 Å². The van der Waals surface area contributed by atoms with Gasteiger partial charge in [-0.1, -0.05) is 11.6 Å². The molecule has 2 rings (SSSR count). The minimum Gasteiger partial charge on any atom is -0.379 e. The first-order chi connectivity index (χ1) is 8.99. The number of hydrogen-bond donors (Lipinski definition) is 2. The molecule has 0 saturated heterocycles. The highest BCUT2D eigenvalue weighted by atomic mass is 35.5. The van der Waals surface area contributed by atoms with Gasteiger partial charge in [-0.25, -0.2) is 4.63 Å². The maximum Gasteiger partial charge on any atom is 0.294 e. The number of rotatable bonds is 3. The van der Waals surface area contributed by atoms with Crippen LogP contribution in [0.1, 0.15) is 10.5 Å². The van der Waals surface area contributed by atoms with Gasteiger partial charge in [0.15, 0.2) is 0 Å². The van der Waals surface area contributed by atoms with Gasteiger partial charge in [0.05, 0.1) is 4.92 Å². The van der Waals surface area contributed by atoms with Crippen LogP contribution in [0.5, 0.6) is 0 Å². The minimum atomic E-state index is -0.774. The van der Waals surface area contributed by atoms with E-state index in [2.05, 4.69) is 20.3 Å². The first kappa shape index (κ1) is 12.8. The number of nitrogens with zero attached hydrogens (tertiary/aromatic N) is 3. The summed E-state index contributed by atoms with van der Waals surface area (Å²) in [5.41, 5.74) is 4.68. The van der Waals surface area contributed by atoms with E-state index in [0.29, 0.717) is 0 Å². The largest absolute Gasteiger partial charge is 0.379 e. The monoisotopic (exact) mass is 283 g/mol. The van der Waals surface area contributed by atoms with Gasteiger partial charge in [-0.3, -0.25) is 14.9 Å². The number of hydrogen-bond acceptors (Lipinski definition) is 7. The topological polar surface area (TPSA) is 137 Å². The lowest BCUT2D eigenvalue weighted by Gasteiger charge is -2.04. The fourth-order valence-corrected chi connectivity index (χ4v) is 1.46. The Morgan fingerprint density at radius 2 is 2.21 bits per heavy atom. The summed E-state index contributed by atoms with van der Waals surface area (Å²) in [6.45, 7) is 0. The predicted octanol–water partition coefficient (Wildman–Crippen LogP) is 1.47. The van der Waals surface area contributed by atoms with Crippen LogP contribution in [-0.2, 0) is 0 Å². The number of anilines is 2. The number of nitro groups is 1. The number of carbonyl (C=O) groups excluding carboxylic acids is 1. The van der Waals surface area contributed by atoms with Crippen LogP contribution >= 0.6 is 11.6 Å².